The first-order chi connectivity index (χ1) is 7.00. The molecular formula is C11H11ClN2O. The van der Waals surface area contributed by atoms with Gasteiger partial charge in [0.25, 0.3) is 5.56 Å². The summed E-state index contributed by atoms with van der Waals surface area (Å²) in [7, 11) is 1.72. The lowest BCUT2D eigenvalue weighted by Crippen LogP contribution is -2.20. The monoisotopic (exact) mass is 222 g/mol. The molecule has 0 unspecified atom stereocenters. The molecule has 3 nitrogen and oxygen atoms in total. The van der Waals surface area contributed by atoms with Crippen LogP contribution in [-0.2, 0) is 7.05 Å². The van der Waals surface area contributed by atoms with Crippen LogP contribution in [-0.4, -0.2) is 9.55 Å². The Morgan fingerprint density at radius 3 is 2.67 bits per heavy atom. The summed E-state index contributed by atoms with van der Waals surface area (Å²) in [5.41, 5.74) is 1.52. The van der Waals surface area contributed by atoms with Crippen molar-refractivity contribution in [2.24, 2.45) is 7.05 Å². The van der Waals surface area contributed by atoms with Crippen LogP contribution >= 0.6 is 11.6 Å². The second kappa shape index (κ2) is 3.35. The Labute approximate surface area is 92.3 Å². The smallest absolute Gasteiger partial charge is 0.261 e. The molecule has 4 heteroatoms. The average Bonchev–Trinajstić information content (AvgIpc) is 2.19. The number of hydrogen-bond donors (Lipinski definition) is 0. The fraction of sp³-hybridized carbons (Fsp3) is 0.273. The van der Waals surface area contributed by atoms with E-state index in [9.17, 15) is 4.79 Å². The Hall–Kier alpha value is -1.35. The van der Waals surface area contributed by atoms with Crippen LogP contribution in [0.25, 0.3) is 10.9 Å². The van der Waals surface area contributed by atoms with Gasteiger partial charge in [0.1, 0.15) is 5.82 Å². The Kier molecular flexibility index (Phi) is 2.27. The maximum absolute atomic E-state index is 11.9. The molecule has 2 aromatic rings. The van der Waals surface area contributed by atoms with Crippen LogP contribution in [0.15, 0.2) is 16.9 Å². The first-order valence-corrected chi connectivity index (χ1v) is 5.02. The molecule has 0 aliphatic heterocycles. The quantitative estimate of drug-likeness (QED) is 0.685. The molecular weight excluding hydrogens is 212 g/mol. The van der Waals surface area contributed by atoms with Crippen LogP contribution in [0.2, 0.25) is 5.02 Å². The molecule has 0 aliphatic rings. The first-order valence-electron chi connectivity index (χ1n) is 4.64. The molecule has 0 atom stereocenters. The Morgan fingerprint density at radius 1 is 1.33 bits per heavy atom. The molecule has 0 saturated carbocycles. The highest BCUT2D eigenvalue weighted by molar-refractivity contribution is 6.32. The van der Waals surface area contributed by atoms with Crippen molar-refractivity contribution in [2.75, 3.05) is 0 Å². The van der Waals surface area contributed by atoms with Crippen molar-refractivity contribution >= 4 is 22.5 Å². The molecule has 0 radical (unpaired) electrons. The second-order valence-corrected chi connectivity index (χ2v) is 4.05. The Morgan fingerprint density at radius 2 is 2.00 bits per heavy atom. The normalized spacial score (nSPS) is 10.9. The number of fused-ring (bicyclic) bond motifs is 1. The van der Waals surface area contributed by atoms with E-state index < -0.39 is 0 Å². The minimum atomic E-state index is -0.0303. The zero-order valence-corrected chi connectivity index (χ0v) is 9.59. The van der Waals surface area contributed by atoms with Gasteiger partial charge in [0.15, 0.2) is 0 Å². The van der Waals surface area contributed by atoms with Gasteiger partial charge >= 0.3 is 0 Å². The van der Waals surface area contributed by atoms with Crippen LogP contribution in [0.5, 0.6) is 0 Å². The van der Waals surface area contributed by atoms with Gasteiger partial charge in [0, 0.05) is 12.1 Å². The van der Waals surface area contributed by atoms with Gasteiger partial charge in [-0.1, -0.05) is 11.6 Å². The van der Waals surface area contributed by atoms with Crippen LogP contribution in [0.3, 0.4) is 0 Å². The summed E-state index contributed by atoms with van der Waals surface area (Å²) in [6.07, 6.45) is 0. The molecule has 0 saturated heterocycles. The second-order valence-electron chi connectivity index (χ2n) is 3.64. The molecule has 1 heterocycles. The predicted molar refractivity (Wildman–Crippen MR) is 61.5 cm³/mol. The maximum Gasteiger partial charge on any atom is 0.261 e. The molecule has 0 aliphatic carbocycles. The molecule has 0 fully saturated rings. The number of hydrogen-bond acceptors (Lipinski definition) is 2. The van der Waals surface area contributed by atoms with E-state index in [1.165, 1.54) is 4.57 Å². The molecule has 0 bridgehead atoms. The van der Waals surface area contributed by atoms with E-state index in [1.807, 2.05) is 6.92 Å². The summed E-state index contributed by atoms with van der Waals surface area (Å²) >= 11 is 5.98. The minimum Gasteiger partial charge on any atom is -0.299 e. The Balaban J connectivity index is 3.00. The molecule has 0 spiro atoms. The molecule has 15 heavy (non-hydrogen) atoms. The summed E-state index contributed by atoms with van der Waals surface area (Å²) in [4.78, 5) is 16.2. The topological polar surface area (TPSA) is 34.9 Å². The van der Waals surface area contributed by atoms with Gasteiger partial charge in [-0.05, 0) is 31.5 Å². The van der Waals surface area contributed by atoms with Crippen LogP contribution in [0.1, 0.15) is 11.4 Å². The SMILES string of the molecule is Cc1cc2c(=O)n(C)c(C)nc2cc1Cl. The van der Waals surface area contributed by atoms with Crippen molar-refractivity contribution in [3.63, 3.8) is 0 Å². The van der Waals surface area contributed by atoms with E-state index in [0.29, 0.717) is 21.7 Å². The van der Waals surface area contributed by atoms with Gasteiger partial charge in [0.05, 0.1) is 10.9 Å². The number of nitrogens with zero attached hydrogens (tertiary/aromatic N) is 2. The van der Waals surface area contributed by atoms with Gasteiger partial charge in [-0.3, -0.25) is 9.36 Å². The number of rotatable bonds is 0. The summed E-state index contributed by atoms with van der Waals surface area (Å²) in [5, 5.41) is 1.26. The van der Waals surface area contributed by atoms with Gasteiger partial charge < -0.3 is 0 Å². The highest BCUT2D eigenvalue weighted by Crippen LogP contribution is 2.20. The Bertz CT molecular complexity index is 596. The fourth-order valence-corrected chi connectivity index (χ4v) is 1.67. The number of benzene rings is 1. The number of halogens is 1. The zero-order chi connectivity index (χ0) is 11.2. The van der Waals surface area contributed by atoms with Crippen molar-refractivity contribution in [1.29, 1.82) is 0 Å². The average molecular weight is 223 g/mol. The van der Waals surface area contributed by atoms with Gasteiger partial charge in [-0.15, -0.1) is 0 Å². The summed E-state index contributed by atoms with van der Waals surface area (Å²) in [6, 6.07) is 3.52. The minimum absolute atomic E-state index is 0.0303. The third kappa shape index (κ3) is 1.53. The van der Waals surface area contributed by atoms with Gasteiger partial charge in [-0.2, -0.15) is 0 Å². The lowest BCUT2D eigenvalue weighted by Gasteiger charge is -2.06. The van der Waals surface area contributed by atoms with Gasteiger partial charge in [0.2, 0.25) is 0 Å². The number of aryl methyl sites for hydroxylation is 2. The van der Waals surface area contributed by atoms with Crippen molar-refractivity contribution < 1.29 is 0 Å². The third-order valence-electron chi connectivity index (χ3n) is 2.58. The van der Waals surface area contributed by atoms with E-state index in [1.54, 1.807) is 26.1 Å². The standard InChI is InChI=1S/C11H11ClN2O/c1-6-4-8-10(5-9(6)12)13-7(2)14(3)11(8)15/h4-5H,1-3H3. The van der Waals surface area contributed by atoms with Crippen molar-refractivity contribution in [3.05, 3.63) is 38.9 Å². The molecule has 0 N–H and O–H groups in total. The zero-order valence-electron chi connectivity index (χ0n) is 8.84. The molecule has 78 valence electrons. The van der Waals surface area contributed by atoms with Gasteiger partial charge in [-0.25, -0.2) is 4.98 Å². The van der Waals surface area contributed by atoms with E-state index in [4.69, 9.17) is 11.6 Å². The summed E-state index contributed by atoms with van der Waals surface area (Å²) in [6.45, 7) is 3.68. The highest BCUT2D eigenvalue weighted by Gasteiger charge is 2.07. The lowest BCUT2D eigenvalue weighted by atomic mass is 10.1. The van der Waals surface area contributed by atoms with Crippen molar-refractivity contribution in [3.8, 4) is 0 Å². The largest absolute Gasteiger partial charge is 0.299 e. The lowest BCUT2D eigenvalue weighted by molar-refractivity contribution is 0.792. The molecule has 1 aromatic heterocycles. The van der Waals surface area contributed by atoms with Crippen LogP contribution in [0, 0.1) is 13.8 Å². The highest BCUT2D eigenvalue weighted by atomic mass is 35.5. The maximum atomic E-state index is 11.9. The van der Waals surface area contributed by atoms with Crippen molar-refractivity contribution in [1.82, 2.24) is 9.55 Å². The summed E-state index contributed by atoms with van der Waals surface area (Å²) < 4.78 is 1.54. The van der Waals surface area contributed by atoms with E-state index in [0.717, 1.165) is 5.56 Å². The van der Waals surface area contributed by atoms with E-state index >= 15 is 0 Å². The summed E-state index contributed by atoms with van der Waals surface area (Å²) in [5.74, 6) is 0.687. The molecule has 0 amide bonds. The van der Waals surface area contributed by atoms with E-state index in [-0.39, 0.29) is 5.56 Å². The molecule has 1 aromatic carbocycles. The van der Waals surface area contributed by atoms with Crippen molar-refractivity contribution in [2.45, 2.75) is 13.8 Å². The number of aromatic nitrogens is 2. The predicted octanol–water partition coefficient (Wildman–Crippen LogP) is 2.20. The fourth-order valence-electron chi connectivity index (χ4n) is 1.51. The van der Waals surface area contributed by atoms with E-state index in [2.05, 4.69) is 4.98 Å². The van der Waals surface area contributed by atoms with Crippen LogP contribution < -0.4 is 5.56 Å². The third-order valence-corrected chi connectivity index (χ3v) is 2.99. The van der Waals surface area contributed by atoms with Crippen LogP contribution in [0.4, 0.5) is 0 Å². The first kappa shape index (κ1) is 10.2. The molecule has 2 rings (SSSR count).